The number of carbonyl (C=O) groups is 5. The lowest BCUT2D eigenvalue weighted by Gasteiger charge is -2.52. The quantitative estimate of drug-likeness (QED) is 0.152. The Labute approximate surface area is 319 Å². The Hall–Kier alpha value is -4.72. The number of hydrogen-bond acceptors (Lipinski definition) is 13. The highest BCUT2D eigenvalue weighted by Gasteiger charge is 2.69. The molecule has 55 heavy (non-hydrogen) atoms. The lowest BCUT2D eigenvalue weighted by Crippen LogP contribution is -2.74. The number of phenols is 1. The van der Waals surface area contributed by atoms with E-state index in [9.17, 15) is 38.8 Å². The monoisotopic (exact) mass is 774 g/mol. The predicted octanol–water partition coefficient (Wildman–Crippen LogP) is 3.98. The number of para-hydroxylation sites is 1. The fourth-order valence-corrected chi connectivity index (χ4v) is 10.6. The Bertz CT molecular complexity index is 2080. The maximum Gasteiger partial charge on any atom is 0.357 e. The number of aromatic hydroxyl groups is 1. The van der Waals surface area contributed by atoms with Crippen LogP contribution in [0.2, 0.25) is 0 Å². The summed E-state index contributed by atoms with van der Waals surface area (Å²) in [5, 5.41) is 27.2. The number of fused-ring (bicyclic) bond motifs is 3. The first-order chi connectivity index (χ1) is 26.0. The molecule has 3 aromatic carbocycles. The molecule has 292 valence electrons. The second kappa shape index (κ2) is 15.1. The summed E-state index contributed by atoms with van der Waals surface area (Å²) < 4.78 is 25.6. The van der Waals surface area contributed by atoms with Crippen LogP contribution in [0.1, 0.15) is 47.5 Å². The summed E-state index contributed by atoms with van der Waals surface area (Å²) in [5.74, 6) is -12.1. The number of nitrogens with zero attached hydrogens (tertiary/aromatic N) is 2. The number of Topliss-reactive ketones (excluding diaryl/α,β-unsaturated/α-hetero) is 4. The maximum atomic E-state index is 14.6. The van der Waals surface area contributed by atoms with E-state index in [0.717, 1.165) is 0 Å². The molecule has 14 nitrogen and oxygen atoms in total. The van der Waals surface area contributed by atoms with Gasteiger partial charge in [0.1, 0.15) is 5.75 Å². The number of rotatable bonds is 12. The van der Waals surface area contributed by atoms with E-state index in [1.54, 1.807) is 77.3 Å². The zero-order valence-corrected chi connectivity index (χ0v) is 32.5. The van der Waals surface area contributed by atoms with Crippen LogP contribution in [0, 0.1) is 23.7 Å². The van der Waals surface area contributed by atoms with Crippen LogP contribution in [0.3, 0.4) is 0 Å². The van der Waals surface area contributed by atoms with Gasteiger partial charge >= 0.3 is 7.60 Å². The number of anilines is 2. The first kappa shape index (κ1) is 40.0. The molecule has 0 radical (unpaired) electrons. The molecule has 0 spiro atoms. The van der Waals surface area contributed by atoms with E-state index in [1.807, 2.05) is 30.3 Å². The minimum Gasteiger partial charge on any atom is -0.507 e. The number of nitrogens with one attached hydrogen (secondary N) is 1. The molecule has 4 unspecified atom stereocenters. The molecular formula is C40H47N4O10P. The third-order valence-electron chi connectivity index (χ3n) is 11.1. The minimum absolute atomic E-state index is 0.0493. The normalized spacial score (nSPS) is 25.6. The van der Waals surface area contributed by atoms with Gasteiger partial charge in [-0.25, -0.2) is 0 Å². The Balaban J connectivity index is 1.43. The van der Waals surface area contributed by atoms with Crippen molar-refractivity contribution in [2.24, 2.45) is 29.4 Å². The summed E-state index contributed by atoms with van der Waals surface area (Å²) in [5.41, 5.74) is 5.62. The molecule has 0 aromatic heterocycles. The minimum atomic E-state index is -3.76. The summed E-state index contributed by atoms with van der Waals surface area (Å²) in [4.78, 5) is 71.6. The van der Waals surface area contributed by atoms with Gasteiger partial charge in [0.15, 0.2) is 40.4 Å². The number of hydrogen-bond donors (Lipinski definition) is 4. The average molecular weight is 775 g/mol. The molecule has 0 heterocycles. The number of benzene rings is 3. The third-order valence-corrected chi connectivity index (χ3v) is 13.4. The number of nitrogens with two attached hydrogens (primary N) is 1. The number of phenolic OH excluding ortho intramolecular Hbond substituents is 1. The van der Waals surface area contributed by atoms with E-state index in [-0.39, 0.29) is 37.2 Å². The Morgan fingerprint density at radius 2 is 1.60 bits per heavy atom. The van der Waals surface area contributed by atoms with Gasteiger partial charge in [0.25, 0.3) is 0 Å². The highest BCUT2D eigenvalue weighted by atomic mass is 31.2. The van der Waals surface area contributed by atoms with Crippen molar-refractivity contribution in [3.63, 3.8) is 0 Å². The molecular weight excluding hydrogens is 727 g/mol. The van der Waals surface area contributed by atoms with Crippen molar-refractivity contribution in [1.82, 2.24) is 4.90 Å². The standard InChI is InChI=1S/C40H47N4O10P/c1-7-53-55(52,54-8-2)39(42-24-12-10-9-11-13-24)22-16-14-21(15-17-22)25-20-28(43(3)4)26-18-23-19-27-32(44(5)6)35(47)31(38(41)50)37(49)40(27,51)36(48)29(23)34(46)30(26)33(25)45/h9-17,20,23,27,29,31-32,39,42,45,51H,7-8,18-19H2,1-6H3,(H2,41,50)/t23-,27-,29?,31?,32?,39?,40-/m1/s1. The van der Waals surface area contributed by atoms with E-state index >= 15 is 0 Å². The van der Waals surface area contributed by atoms with Gasteiger partial charge in [-0.3, -0.25) is 33.4 Å². The fraction of sp³-hybridized carbons (Fsp3) is 0.425. The second-order valence-electron chi connectivity index (χ2n) is 14.7. The molecule has 6 rings (SSSR count). The number of ketones is 4. The average Bonchev–Trinajstić information content (AvgIpc) is 3.12. The van der Waals surface area contributed by atoms with Crippen molar-refractivity contribution < 1.29 is 47.8 Å². The van der Waals surface area contributed by atoms with Gasteiger partial charge in [-0.1, -0.05) is 42.5 Å². The molecule has 15 heteroatoms. The number of aliphatic hydroxyl groups is 1. The molecule has 0 aliphatic heterocycles. The van der Waals surface area contributed by atoms with Crippen molar-refractivity contribution in [2.75, 3.05) is 51.6 Å². The van der Waals surface area contributed by atoms with Crippen molar-refractivity contribution in [2.45, 2.75) is 44.1 Å². The van der Waals surface area contributed by atoms with Gasteiger partial charge in [-0.15, -0.1) is 0 Å². The van der Waals surface area contributed by atoms with Crippen LogP contribution in [0.5, 0.6) is 5.75 Å². The van der Waals surface area contributed by atoms with Gasteiger partial charge in [0.2, 0.25) is 5.91 Å². The van der Waals surface area contributed by atoms with Crippen LogP contribution in [0.4, 0.5) is 11.4 Å². The third kappa shape index (κ3) is 6.59. The Morgan fingerprint density at radius 1 is 0.982 bits per heavy atom. The van der Waals surface area contributed by atoms with Crippen LogP contribution >= 0.6 is 7.60 Å². The van der Waals surface area contributed by atoms with Gasteiger partial charge in [-0.2, -0.15) is 0 Å². The largest absolute Gasteiger partial charge is 0.507 e. The summed E-state index contributed by atoms with van der Waals surface area (Å²) in [6.45, 7) is 3.74. The van der Waals surface area contributed by atoms with Crippen molar-refractivity contribution in [1.29, 1.82) is 0 Å². The zero-order chi connectivity index (χ0) is 40.1. The fourth-order valence-electron chi connectivity index (χ4n) is 8.70. The number of amides is 1. The lowest BCUT2D eigenvalue weighted by molar-refractivity contribution is -0.181. The van der Waals surface area contributed by atoms with Gasteiger partial charge in [0, 0.05) is 37.0 Å². The number of likely N-dealkylation sites (N-methyl/N-ethyl adjacent to an activating group) is 1. The van der Waals surface area contributed by atoms with Crippen LogP contribution in [0.15, 0.2) is 60.7 Å². The van der Waals surface area contributed by atoms with E-state index in [0.29, 0.717) is 28.1 Å². The molecule has 0 bridgehead atoms. The molecule has 2 saturated carbocycles. The summed E-state index contributed by atoms with van der Waals surface area (Å²) in [7, 11) is 2.89. The first-order valence-corrected chi connectivity index (χ1v) is 19.8. The van der Waals surface area contributed by atoms with Gasteiger partial charge in [0.05, 0.1) is 30.7 Å². The van der Waals surface area contributed by atoms with Crippen LogP contribution in [-0.2, 0) is 39.2 Å². The molecule has 3 aliphatic rings. The number of carbonyl (C=O) groups excluding carboxylic acids is 5. The van der Waals surface area contributed by atoms with Crippen molar-refractivity contribution >= 4 is 48.0 Å². The topological polar surface area (TPSA) is 206 Å². The first-order valence-electron chi connectivity index (χ1n) is 18.2. The maximum absolute atomic E-state index is 14.6. The Morgan fingerprint density at radius 3 is 2.15 bits per heavy atom. The second-order valence-corrected chi connectivity index (χ2v) is 16.9. The smallest absolute Gasteiger partial charge is 0.357 e. The molecule has 0 saturated heterocycles. The molecule has 3 aliphatic carbocycles. The molecule has 3 aromatic rings. The van der Waals surface area contributed by atoms with Crippen molar-refractivity contribution in [3.8, 4) is 16.9 Å². The van der Waals surface area contributed by atoms with Crippen LogP contribution in [0.25, 0.3) is 11.1 Å². The van der Waals surface area contributed by atoms with E-state index < -0.39 is 83.5 Å². The summed E-state index contributed by atoms with van der Waals surface area (Å²) in [6.07, 6.45) is 0.0787. The SMILES string of the molecule is CCOP(=O)(OCC)C(Nc1ccccc1)c1ccc(-c2cc(N(C)C)c3c(c2O)C(=O)C2C(=O)[C@@]4(O)C(=O)C(C(N)=O)C(=O)C(N(C)C)[C@H]4C[C@H]2C3)cc1. The Kier molecular flexibility index (Phi) is 11.0. The van der Waals surface area contributed by atoms with Gasteiger partial charge in [-0.05, 0) is 81.6 Å². The zero-order valence-electron chi connectivity index (χ0n) is 31.6. The van der Waals surface area contributed by atoms with E-state index in [4.69, 9.17) is 14.8 Å². The van der Waals surface area contributed by atoms with Crippen LogP contribution < -0.4 is 16.0 Å². The van der Waals surface area contributed by atoms with Crippen molar-refractivity contribution in [3.05, 3.63) is 77.4 Å². The molecule has 7 atom stereocenters. The van der Waals surface area contributed by atoms with Crippen LogP contribution in [-0.4, -0.2) is 97.2 Å². The lowest BCUT2D eigenvalue weighted by atomic mass is 9.52. The van der Waals surface area contributed by atoms with E-state index in [2.05, 4.69) is 5.32 Å². The molecule has 1 amide bonds. The summed E-state index contributed by atoms with van der Waals surface area (Å²) >= 11 is 0. The van der Waals surface area contributed by atoms with Gasteiger partial charge < -0.3 is 35.2 Å². The highest BCUT2D eigenvalue weighted by molar-refractivity contribution is 7.54. The number of primary amides is 1. The molecule has 2 fully saturated rings. The van der Waals surface area contributed by atoms with E-state index in [1.165, 1.54) is 4.90 Å². The molecule has 5 N–H and O–H groups in total. The highest BCUT2D eigenvalue weighted by Crippen LogP contribution is 2.61. The predicted molar refractivity (Wildman–Crippen MR) is 205 cm³/mol. The summed E-state index contributed by atoms with van der Waals surface area (Å²) in [6, 6.07) is 16.6.